The van der Waals surface area contributed by atoms with Crippen LogP contribution in [0.2, 0.25) is 0 Å². The summed E-state index contributed by atoms with van der Waals surface area (Å²) < 4.78 is 70.0. The Bertz CT molecular complexity index is 5040. The summed E-state index contributed by atoms with van der Waals surface area (Å²) >= 11 is 15.6. The Morgan fingerprint density at radius 3 is 1.13 bits per heavy atom. The normalized spacial score (nSPS) is 17.8. The van der Waals surface area contributed by atoms with E-state index in [2.05, 4.69) is 99.0 Å². The van der Waals surface area contributed by atoms with E-state index >= 15 is 0 Å². The van der Waals surface area contributed by atoms with Crippen molar-refractivity contribution in [2.75, 3.05) is 161 Å². The van der Waals surface area contributed by atoms with Crippen LogP contribution in [-0.2, 0) is 23.8 Å². The van der Waals surface area contributed by atoms with Gasteiger partial charge in [-0.3, -0.25) is 28.9 Å². The third kappa shape index (κ3) is 19.1. The number of nitrogens with one attached hydrogen (secondary N) is 6. The van der Waals surface area contributed by atoms with Crippen molar-refractivity contribution < 1.29 is 41.4 Å². The first-order chi connectivity index (χ1) is 52.9. The van der Waals surface area contributed by atoms with Gasteiger partial charge >= 0.3 is 0 Å². The Hall–Kier alpha value is -7.78. The summed E-state index contributed by atoms with van der Waals surface area (Å²) in [6.07, 6.45) is -0.515. The Morgan fingerprint density at radius 1 is 0.404 bits per heavy atom. The fourth-order valence-electron chi connectivity index (χ4n) is 13.8. The van der Waals surface area contributed by atoms with Gasteiger partial charge in [-0.15, -0.1) is 11.6 Å². The number of likely N-dealkylation sites (tertiary alicyclic amines) is 2. The number of hydrogen-bond acceptors (Lipinski definition) is 20. The van der Waals surface area contributed by atoms with Crippen molar-refractivity contribution in [2.45, 2.75) is 96.3 Å². The summed E-state index contributed by atoms with van der Waals surface area (Å²) in [7, 11) is 0. The topological polar surface area (TPSA) is 213 Å². The van der Waals surface area contributed by atoms with Crippen molar-refractivity contribution in [2.24, 2.45) is 0 Å². The van der Waals surface area contributed by atoms with Crippen LogP contribution in [0.3, 0.4) is 0 Å². The van der Waals surface area contributed by atoms with Crippen molar-refractivity contribution in [1.29, 1.82) is 0 Å². The maximum absolute atomic E-state index is 13.4. The minimum atomic E-state index is -2.63. The fraction of sp³-hybridized carbons (Fsp3) is 0.329. The molecule has 0 bridgehead atoms. The number of hydrogen-bond donors (Lipinski definition) is 6. The molecule has 568 valence electrons. The van der Waals surface area contributed by atoms with Crippen molar-refractivity contribution in [1.82, 2.24) is 24.8 Å². The highest BCUT2D eigenvalue weighted by atomic mass is 35.5. The summed E-state index contributed by atoms with van der Waals surface area (Å²) in [5.41, 5.74) is 10.2. The number of pyridine rings is 3. The number of fused-ring (bicyclic) bond motifs is 6. The summed E-state index contributed by atoms with van der Waals surface area (Å²) in [4.78, 5) is 94.6. The number of alkyl halides is 5. The smallest absolute Gasteiger partial charge is 0.250 e. The molecule has 109 heavy (non-hydrogen) atoms. The van der Waals surface area contributed by atoms with Crippen LogP contribution in [0.4, 0.5) is 51.7 Å². The Labute approximate surface area is 657 Å². The molecule has 8 aliphatic rings. The molecule has 8 aliphatic heterocycles. The van der Waals surface area contributed by atoms with Crippen molar-refractivity contribution >= 4 is 128 Å². The third-order valence-electron chi connectivity index (χ3n) is 19.5. The number of aromatic amines is 3. The van der Waals surface area contributed by atoms with E-state index in [-0.39, 0.29) is 79.7 Å². The van der Waals surface area contributed by atoms with E-state index in [4.69, 9.17) is 25.8 Å². The number of nitrogens with zero attached hydrogens (tertiary/aromatic N) is 5. The highest BCUT2D eigenvalue weighted by Gasteiger charge is 2.36. The molecule has 30 heteroatoms. The number of ether oxygens (including phenoxy) is 3. The predicted molar refractivity (Wildman–Crippen MR) is 428 cm³/mol. The summed E-state index contributed by atoms with van der Waals surface area (Å²) in [6, 6.07) is 47.5. The van der Waals surface area contributed by atoms with Crippen LogP contribution in [0.5, 0.6) is 0 Å². The van der Waals surface area contributed by atoms with Gasteiger partial charge in [-0.25, -0.2) is 17.6 Å². The highest BCUT2D eigenvalue weighted by Crippen LogP contribution is 2.55. The standard InChI is InChI=1S/C28H28F2N4O3S2.C28H30F2N4O2S2.C23H20ClN3O3S2/c29-28(30)6-8-33(9-7-28)17-26(36)31-18-4-5-22-24(14-18)38-23-3-1-2-20(27(23)39-22)21-15-19(16-25(35)32-21)34-10-12-37-13-11-34;29-28(30)6-9-33(10-7-28)11-8-31-19-4-5-23-25(16-19)37-24-3-1-2-21(27(24)38-23)22-17-20(18-26(35)32-22)34-12-14-36-15-13-34;24-13-22(29)25-14-4-5-18-20(10-14)31-19-3-1-2-16(23(19)32-18)17-11-15(12-21(28)26-17)27-6-8-30-9-7-27/h1-5,14-16H,6-13,17H2,(H,31,36)(H,32,35);1-5,16-18,31H,6-15H2,(H,32,35);1-5,10-12H,6-9,13H2,(H,25,29)(H,26,28). The molecule has 17 rings (SSSR count). The summed E-state index contributed by atoms with van der Waals surface area (Å²) in [5, 5.41) is 9.18. The maximum atomic E-state index is 13.4. The second-order valence-corrected chi connectivity index (χ2v) is 33.8. The third-order valence-corrected chi connectivity index (χ3v) is 27.6. The first-order valence-electron chi connectivity index (χ1n) is 36.1. The lowest BCUT2D eigenvalue weighted by Gasteiger charge is -2.31. The molecule has 5 saturated heterocycles. The van der Waals surface area contributed by atoms with Crippen LogP contribution in [0.25, 0.3) is 33.8 Å². The fourth-order valence-corrected chi connectivity index (χ4v) is 21.1. The van der Waals surface area contributed by atoms with E-state index in [1.165, 1.54) is 9.79 Å². The predicted octanol–water partition coefficient (Wildman–Crippen LogP) is 15.5. The van der Waals surface area contributed by atoms with Crippen LogP contribution < -0.4 is 47.3 Å². The Morgan fingerprint density at radius 2 is 0.752 bits per heavy atom. The number of halogens is 5. The van der Waals surface area contributed by atoms with Gasteiger partial charge in [0.25, 0.3) is 11.8 Å². The highest BCUT2D eigenvalue weighted by molar-refractivity contribution is 8.06. The van der Waals surface area contributed by atoms with Crippen LogP contribution >= 0.6 is 82.2 Å². The molecule has 6 N–H and O–H groups in total. The van der Waals surface area contributed by atoms with Gasteiger partial charge in [0.2, 0.25) is 28.5 Å². The molecular weight excluding hydrogens is 1530 g/mol. The van der Waals surface area contributed by atoms with Gasteiger partial charge in [-0.2, -0.15) is 0 Å². The Kier molecular flexibility index (Phi) is 24.2. The molecule has 2 amide bonds. The largest absolute Gasteiger partial charge is 0.384 e. The van der Waals surface area contributed by atoms with Gasteiger partial charge in [0, 0.05) is 232 Å². The average molecular weight is 1610 g/mol. The molecule has 11 heterocycles. The van der Waals surface area contributed by atoms with Crippen LogP contribution in [0, 0.1) is 0 Å². The SMILES string of the molecule is O=C(CCl)Nc1ccc2c(c1)Sc1cccc(-c3cc(N4CCOCC4)cc(=O)[nH]3)c1S2.O=C(CN1CCC(F)(F)CC1)Nc1ccc2c(c1)Sc1cccc(-c3cc(N4CCOCC4)cc(=O)[nH]3)c1S2.O=c1cc(N2CCOCC2)cc(-c2cccc3c2Sc2ccc(NCCN4CCC(F)(F)CC4)cc2S3)[nH]1. The van der Waals surface area contributed by atoms with E-state index < -0.39 is 11.8 Å². The molecular formula is C79H78ClF4N11O8S6. The molecule has 19 nitrogen and oxygen atoms in total. The lowest BCUT2D eigenvalue weighted by Crippen LogP contribution is -2.42. The molecule has 0 radical (unpaired) electrons. The maximum Gasteiger partial charge on any atom is 0.250 e. The van der Waals surface area contributed by atoms with E-state index in [1.54, 1.807) is 93.7 Å². The van der Waals surface area contributed by atoms with Gasteiger partial charge in [0.15, 0.2) is 0 Å². The number of H-pyrrole nitrogens is 3. The molecule has 0 aliphatic carbocycles. The first-order valence-corrected chi connectivity index (χ1v) is 41.5. The number of rotatable bonds is 15. The average Bonchev–Trinajstić information content (AvgIpc) is 0.779. The number of amides is 2. The second kappa shape index (κ2) is 34.5. The number of carbonyl (C=O) groups is 2. The molecule has 0 saturated carbocycles. The number of carbonyl (C=O) groups excluding carboxylic acids is 2. The lowest BCUT2D eigenvalue weighted by atomic mass is 10.1. The van der Waals surface area contributed by atoms with Crippen LogP contribution in [0.1, 0.15) is 25.7 Å². The van der Waals surface area contributed by atoms with Crippen LogP contribution in [-0.4, -0.2) is 179 Å². The van der Waals surface area contributed by atoms with E-state index in [0.29, 0.717) is 58.4 Å². The molecule has 9 aromatic rings. The minimum absolute atomic E-state index is 0.0491. The lowest BCUT2D eigenvalue weighted by molar-refractivity contribution is -0.119. The number of benzene rings is 6. The number of morpholine rings is 3. The Balaban J connectivity index is 0.000000131. The molecule has 6 aromatic carbocycles. The monoisotopic (exact) mass is 1610 g/mol. The summed E-state index contributed by atoms with van der Waals surface area (Å²) in [6.45, 7) is 11.5. The van der Waals surface area contributed by atoms with Crippen molar-refractivity contribution in [3.63, 3.8) is 0 Å². The zero-order valence-electron chi connectivity index (χ0n) is 59.2. The molecule has 0 atom stereocenters. The molecule has 0 unspecified atom stereocenters. The van der Waals surface area contributed by atoms with Gasteiger partial charge in [-0.1, -0.05) is 107 Å². The van der Waals surface area contributed by atoms with Crippen molar-refractivity contribution in [3.8, 4) is 33.8 Å². The second-order valence-electron chi connectivity index (χ2n) is 27.1. The number of anilines is 6. The van der Waals surface area contributed by atoms with Gasteiger partial charge < -0.3 is 64.7 Å². The number of piperidine rings is 2. The van der Waals surface area contributed by atoms with Crippen LogP contribution in [0.15, 0.2) is 219 Å². The van der Waals surface area contributed by atoms with E-state index in [9.17, 15) is 41.5 Å². The zero-order valence-corrected chi connectivity index (χ0v) is 64.8. The van der Waals surface area contributed by atoms with Gasteiger partial charge in [0.1, 0.15) is 5.88 Å². The first kappa shape index (κ1) is 76.6. The molecule has 0 spiro atoms. The van der Waals surface area contributed by atoms with Gasteiger partial charge in [-0.05, 0) is 91.0 Å². The van der Waals surface area contributed by atoms with Gasteiger partial charge in [0.05, 0.1) is 63.3 Å². The minimum Gasteiger partial charge on any atom is -0.384 e. The van der Waals surface area contributed by atoms with E-state index in [0.717, 1.165) is 164 Å². The molecule has 3 aromatic heterocycles. The number of aromatic nitrogens is 3. The zero-order chi connectivity index (χ0) is 75.2. The van der Waals surface area contributed by atoms with E-state index in [1.807, 2.05) is 78.9 Å². The molecule has 5 fully saturated rings. The quantitative estimate of drug-likeness (QED) is 0.0416. The van der Waals surface area contributed by atoms with Crippen molar-refractivity contribution in [3.05, 3.63) is 177 Å². The summed E-state index contributed by atoms with van der Waals surface area (Å²) in [5.74, 6) is -5.65.